The quantitative estimate of drug-likeness (QED) is 0.626. The molecule has 0 saturated heterocycles. The van der Waals surface area contributed by atoms with Crippen LogP contribution in [-0.2, 0) is 6.54 Å². The van der Waals surface area contributed by atoms with Gasteiger partial charge in [-0.15, -0.1) is 0 Å². The summed E-state index contributed by atoms with van der Waals surface area (Å²) in [4.78, 5) is 4.28. The zero-order valence-corrected chi connectivity index (χ0v) is 10.6. The van der Waals surface area contributed by atoms with E-state index in [2.05, 4.69) is 20.5 Å². The molecule has 3 rings (SSSR count). The number of pyridine rings is 1. The molecule has 5 nitrogen and oxygen atoms in total. The van der Waals surface area contributed by atoms with Crippen molar-refractivity contribution in [3.63, 3.8) is 0 Å². The van der Waals surface area contributed by atoms with Crippen molar-refractivity contribution in [2.75, 3.05) is 11.1 Å². The Morgan fingerprint density at radius 2 is 2.21 bits per heavy atom. The van der Waals surface area contributed by atoms with Crippen molar-refractivity contribution in [3.8, 4) is 0 Å². The molecule has 0 aliphatic rings. The third-order valence-corrected chi connectivity index (χ3v) is 3.23. The van der Waals surface area contributed by atoms with Crippen LogP contribution in [0.15, 0.2) is 36.7 Å². The molecule has 0 bridgehead atoms. The number of rotatable bonds is 3. The van der Waals surface area contributed by atoms with E-state index in [1.54, 1.807) is 6.20 Å². The van der Waals surface area contributed by atoms with E-state index in [9.17, 15) is 0 Å². The number of aryl methyl sites for hydroxylation is 1. The summed E-state index contributed by atoms with van der Waals surface area (Å²) in [6.07, 6.45) is 3.59. The van der Waals surface area contributed by atoms with Gasteiger partial charge in [0.25, 0.3) is 0 Å². The van der Waals surface area contributed by atoms with Crippen LogP contribution in [0, 0.1) is 6.92 Å². The molecule has 19 heavy (non-hydrogen) atoms. The van der Waals surface area contributed by atoms with Crippen molar-refractivity contribution < 1.29 is 0 Å². The molecular formula is C14H15N5. The van der Waals surface area contributed by atoms with Crippen LogP contribution < -0.4 is 11.1 Å². The summed E-state index contributed by atoms with van der Waals surface area (Å²) in [5.74, 6) is 0. The number of aromatic amines is 1. The third kappa shape index (κ3) is 2.10. The van der Waals surface area contributed by atoms with Gasteiger partial charge in [0.05, 0.1) is 23.1 Å². The normalized spacial score (nSPS) is 10.8. The van der Waals surface area contributed by atoms with Crippen molar-refractivity contribution in [1.29, 1.82) is 0 Å². The van der Waals surface area contributed by atoms with Crippen molar-refractivity contribution in [2.24, 2.45) is 0 Å². The summed E-state index contributed by atoms with van der Waals surface area (Å²) in [5, 5.41) is 11.2. The first-order chi connectivity index (χ1) is 9.25. The molecule has 0 atom stereocenters. The van der Waals surface area contributed by atoms with Gasteiger partial charge in [-0.05, 0) is 31.2 Å². The molecular weight excluding hydrogens is 238 g/mol. The lowest BCUT2D eigenvalue weighted by molar-refractivity contribution is 1.04. The molecule has 0 amide bonds. The average Bonchev–Trinajstić information content (AvgIpc) is 2.84. The summed E-state index contributed by atoms with van der Waals surface area (Å²) in [6.45, 7) is 2.69. The highest BCUT2D eigenvalue weighted by Gasteiger charge is 2.06. The molecule has 1 aromatic carbocycles. The molecule has 2 heterocycles. The topological polar surface area (TPSA) is 79.6 Å². The van der Waals surface area contributed by atoms with E-state index in [0.29, 0.717) is 6.54 Å². The molecule has 5 heteroatoms. The van der Waals surface area contributed by atoms with Crippen LogP contribution in [0.4, 0.5) is 11.4 Å². The van der Waals surface area contributed by atoms with Crippen LogP contribution in [0.2, 0.25) is 0 Å². The van der Waals surface area contributed by atoms with Gasteiger partial charge in [0.1, 0.15) is 0 Å². The van der Waals surface area contributed by atoms with Gasteiger partial charge in [0.2, 0.25) is 0 Å². The smallest absolute Gasteiger partial charge is 0.0724 e. The number of benzene rings is 1. The first kappa shape index (κ1) is 11.5. The minimum atomic E-state index is 0.693. The fraction of sp³-hybridized carbons (Fsp3) is 0.143. The number of hydrogen-bond acceptors (Lipinski definition) is 4. The first-order valence-corrected chi connectivity index (χ1v) is 6.11. The highest BCUT2D eigenvalue weighted by atomic mass is 15.1. The molecule has 4 N–H and O–H groups in total. The summed E-state index contributed by atoms with van der Waals surface area (Å²) in [7, 11) is 0. The summed E-state index contributed by atoms with van der Waals surface area (Å²) < 4.78 is 0. The van der Waals surface area contributed by atoms with Gasteiger partial charge in [-0.1, -0.05) is 0 Å². The number of anilines is 2. The van der Waals surface area contributed by atoms with Crippen molar-refractivity contribution in [3.05, 3.63) is 47.9 Å². The maximum Gasteiger partial charge on any atom is 0.0724 e. The molecule has 0 aliphatic carbocycles. The third-order valence-electron chi connectivity index (χ3n) is 3.23. The average molecular weight is 253 g/mol. The Kier molecular flexibility index (Phi) is 2.79. The van der Waals surface area contributed by atoms with Gasteiger partial charge in [-0.2, -0.15) is 5.10 Å². The van der Waals surface area contributed by atoms with Crippen LogP contribution in [0.3, 0.4) is 0 Å². The predicted molar refractivity (Wildman–Crippen MR) is 76.8 cm³/mol. The minimum Gasteiger partial charge on any atom is -0.397 e. The minimum absolute atomic E-state index is 0.693. The van der Waals surface area contributed by atoms with Gasteiger partial charge < -0.3 is 11.1 Å². The number of nitrogen functional groups attached to an aromatic ring is 1. The number of fused-ring (bicyclic) bond motifs is 1. The van der Waals surface area contributed by atoms with Crippen molar-refractivity contribution in [2.45, 2.75) is 13.5 Å². The second-order valence-corrected chi connectivity index (χ2v) is 4.47. The number of nitrogens with one attached hydrogen (secondary N) is 2. The summed E-state index contributed by atoms with van der Waals surface area (Å²) in [6, 6.07) is 7.80. The Labute approximate surface area is 110 Å². The molecule has 0 radical (unpaired) electrons. The maximum atomic E-state index is 6.17. The second kappa shape index (κ2) is 4.61. The van der Waals surface area contributed by atoms with Crippen LogP contribution in [0.25, 0.3) is 10.9 Å². The molecule has 0 fully saturated rings. The number of hydrogen-bond donors (Lipinski definition) is 3. The summed E-state index contributed by atoms with van der Waals surface area (Å²) in [5.41, 5.74) is 10.9. The fourth-order valence-electron chi connectivity index (χ4n) is 2.07. The highest BCUT2D eigenvalue weighted by Crippen LogP contribution is 2.27. The Balaban J connectivity index is 1.89. The number of H-pyrrole nitrogens is 1. The zero-order valence-electron chi connectivity index (χ0n) is 10.6. The van der Waals surface area contributed by atoms with E-state index in [-0.39, 0.29) is 0 Å². The molecule has 3 aromatic rings. The molecule has 0 spiro atoms. The van der Waals surface area contributed by atoms with E-state index in [1.165, 1.54) is 0 Å². The predicted octanol–water partition coefficient (Wildman–Crippen LogP) is 2.46. The number of nitrogens with zero attached hydrogens (tertiary/aromatic N) is 2. The van der Waals surface area contributed by atoms with E-state index >= 15 is 0 Å². The molecule has 0 unspecified atom stereocenters. The largest absolute Gasteiger partial charge is 0.397 e. The van der Waals surface area contributed by atoms with Crippen LogP contribution in [-0.4, -0.2) is 15.2 Å². The monoisotopic (exact) mass is 253 g/mol. The van der Waals surface area contributed by atoms with Crippen LogP contribution in [0.1, 0.15) is 11.3 Å². The van der Waals surface area contributed by atoms with E-state index < -0.39 is 0 Å². The van der Waals surface area contributed by atoms with Crippen LogP contribution in [0.5, 0.6) is 0 Å². The van der Waals surface area contributed by atoms with Crippen molar-refractivity contribution in [1.82, 2.24) is 15.2 Å². The number of aromatic nitrogens is 3. The Morgan fingerprint density at radius 3 is 3.00 bits per heavy atom. The Morgan fingerprint density at radius 1 is 1.32 bits per heavy atom. The SMILES string of the molecule is Cc1[nH]ncc1CNc1ccc2ncccc2c1N. The van der Waals surface area contributed by atoms with E-state index in [1.807, 2.05) is 37.4 Å². The fourth-order valence-corrected chi connectivity index (χ4v) is 2.07. The lowest BCUT2D eigenvalue weighted by Gasteiger charge is -2.11. The van der Waals surface area contributed by atoms with E-state index in [0.717, 1.165) is 33.5 Å². The van der Waals surface area contributed by atoms with Gasteiger partial charge >= 0.3 is 0 Å². The van der Waals surface area contributed by atoms with Gasteiger partial charge in [-0.3, -0.25) is 10.1 Å². The second-order valence-electron chi connectivity index (χ2n) is 4.47. The summed E-state index contributed by atoms with van der Waals surface area (Å²) >= 11 is 0. The standard InChI is InChI=1S/C14H15N5/c1-9-10(8-18-19-9)7-17-13-5-4-12-11(14(13)15)3-2-6-16-12/h2-6,8,17H,7,15H2,1H3,(H,18,19). The lowest BCUT2D eigenvalue weighted by atomic mass is 10.1. The maximum absolute atomic E-state index is 6.17. The molecule has 0 saturated carbocycles. The Bertz CT molecular complexity index is 717. The first-order valence-electron chi connectivity index (χ1n) is 6.11. The van der Waals surface area contributed by atoms with Gasteiger partial charge in [0, 0.05) is 29.4 Å². The van der Waals surface area contributed by atoms with Crippen LogP contribution >= 0.6 is 0 Å². The van der Waals surface area contributed by atoms with Gasteiger partial charge in [0.15, 0.2) is 0 Å². The molecule has 96 valence electrons. The zero-order chi connectivity index (χ0) is 13.2. The molecule has 2 aromatic heterocycles. The van der Waals surface area contributed by atoms with E-state index in [4.69, 9.17) is 5.73 Å². The lowest BCUT2D eigenvalue weighted by Crippen LogP contribution is -2.03. The van der Waals surface area contributed by atoms with Crippen molar-refractivity contribution >= 4 is 22.3 Å². The van der Waals surface area contributed by atoms with Gasteiger partial charge in [-0.25, -0.2) is 0 Å². The Hall–Kier alpha value is -2.56. The number of nitrogens with two attached hydrogens (primary N) is 1. The molecule has 0 aliphatic heterocycles. The highest BCUT2D eigenvalue weighted by molar-refractivity contribution is 5.96.